The lowest BCUT2D eigenvalue weighted by Gasteiger charge is -2.02. The third-order valence-corrected chi connectivity index (χ3v) is 2.68. The van der Waals surface area contributed by atoms with Crippen LogP contribution in [0.15, 0.2) is 18.5 Å². The molecule has 0 radical (unpaired) electrons. The lowest BCUT2D eigenvalue weighted by Crippen LogP contribution is -2.14. The van der Waals surface area contributed by atoms with Crippen molar-refractivity contribution in [3.63, 3.8) is 0 Å². The minimum atomic E-state index is 0.861. The standard InChI is InChI=1S/C13H20N4/c1-3-5-12-7-13-15-9-11(8-14-6-4-2)10-17(13)16-12/h7,9-10,14H,3-6,8H2,1-2H3. The average Bonchev–Trinajstić information content (AvgIpc) is 2.71. The van der Waals surface area contributed by atoms with E-state index in [0.717, 1.165) is 43.7 Å². The van der Waals surface area contributed by atoms with Crippen molar-refractivity contribution < 1.29 is 0 Å². The van der Waals surface area contributed by atoms with Crippen molar-refractivity contribution in [2.75, 3.05) is 6.54 Å². The Morgan fingerprint density at radius 2 is 2.18 bits per heavy atom. The highest BCUT2D eigenvalue weighted by molar-refractivity contribution is 5.39. The molecule has 0 saturated heterocycles. The molecule has 2 aromatic heterocycles. The van der Waals surface area contributed by atoms with Gasteiger partial charge in [-0.3, -0.25) is 0 Å². The second-order valence-electron chi connectivity index (χ2n) is 4.33. The summed E-state index contributed by atoms with van der Waals surface area (Å²) in [4.78, 5) is 4.42. The highest BCUT2D eigenvalue weighted by atomic mass is 15.2. The molecule has 2 rings (SSSR count). The van der Waals surface area contributed by atoms with Crippen LogP contribution in [0.2, 0.25) is 0 Å². The summed E-state index contributed by atoms with van der Waals surface area (Å²) in [5.41, 5.74) is 3.24. The Bertz CT molecular complexity index is 475. The maximum atomic E-state index is 4.52. The first kappa shape index (κ1) is 12.0. The molecule has 92 valence electrons. The van der Waals surface area contributed by atoms with Crippen LogP contribution < -0.4 is 5.32 Å². The topological polar surface area (TPSA) is 42.2 Å². The molecule has 17 heavy (non-hydrogen) atoms. The van der Waals surface area contributed by atoms with Crippen LogP contribution in [0.3, 0.4) is 0 Å². The summed E-state index contributed by atoms with van der Waals surface area (Å²) in [6.07, 6.45) is 7.28. The van der Waals surface area contributed by atoms with Gasteiger partial charge in [0.15, 0.2) is 5.65 Å². The molecule has 4 nitrogen and oxygen atoms in total. The van der Waals surface area contributed by atoms with Gasteiger partial charge in [0, 0.05) is 30.6 Å². The molecular weight excluding hydrogens is 212 g/mol. The van der Waals surface area contributed by atoms with E-state index < -0.39 is 0 Å². The molecule has 2 aromatic rings. The predicted molar refractivity (Wildman–Crippen MR) is 69.0 cm³/mol. The zero-order valence-electron chi connectivity index (χ0n) is 10.6. The lowest BCUT2D eigenvalue weighted by atomic mass is 10.2. The molecule has 1 N–H and O–H groups in total. The first-order chi connectivity index (χ1) is 8.33. The number of fused-ring (bicyclic) bond motifs is 1. The van der Waals surface area contributed by atoms with Crippen LogP contribution in [0.1, 0.15) is 37.9 Å². The fraction of sp³-hybridized carbons (Fsp3) is 0.538. The second-order valence-corrected chi connectivity index (χ2v) is 4.33. The first-order valence-corrected chi connectivity index (χ1v) is 6.37. The number of rotatable bonds is 6. The van der Waals surface area contributed by atoms with E-state index in [1.165, 1.54) is 5.56 Å². The van der Waals surface area contributed by atoms with Crippen molar-refractivity contribution in [3.05, 3.63) is 29.7 Å². The van der Waals surface area contributed by atoms with E-state index in [1.54, 1.807) is 0 Å². The average molecular weight is 232 g/mol. The van der Waals surface area contributed by atoms with Crippen molar-refractivity contribution in [1.29, 1.82) is 0 Å². The zero-order valence-corrected chi connectivity index (χ0v) is 10.6. The van der Waals surface area contributed by atoms with Crippen LogP contribution in [0.4, 0.5) is 0 Å². The summed E-state index contributed by atoms with van der Waals surface area (Å²) in [5, 5.41) is 7.88. The molecule has 0 aliphatic carbocycles. The smallest absolute Gasteiger partial charge is 0.155 e. The lowest BCUT2D eigenvalue weighted by molar-refractivity contribution is 0.669. The molecule has 0 aliphatic heterocycles. The van der Waals surface area contributed by atoms with Crippen LogP contribution in [0.25, 0.3) is 5.65 Å². The Morgan fingerprint density at radius 3 is 2.94 bits per heavy atom. The number of nitrogens with one attached hydrogen (secondary N) is 1. The highest BCUT2D eigenvalue weighted by Crippen LogP contribution is 2.07. The molecule has 0 fully saturated rings. The van der Waals surface area contributed by atoms with E-state index >= 15 is 0 Å². The first-order valence-electron chi connectivity index (χ1n) is 6.37. The molecule has 0 bridgehead atoms. The van der Waals surface area contributed by atoms with E-state index in [-0.39, 0.29) is 0 Å². The number of hydrogen-bond donors (Lipinski definition) is 1. The molecule has 0 spiro atoms. The summed E-state index contributed by atoms with van der Waals surface area (Å²) in [6.45, 7) is 6.23. The van der Waals surface area contributed by atoms with E-state index in [2.05, 4.69) is 41.5 Å². The number of aryl methyl sites for hydroxylation is 1. The zero-order chi connectivity index (χ0) is 12.1. The maximum absolute atomic E-state index is 4.52. The van der Waals surface area contributed by atoms with Crippen molar-refractivity contribution in [1.82, 2.24) is 19.9 Å². The van der Waals surface area contributed by atoms with Gasteiger partial charge in [0.2, 0.25) is 0 Å². The number of nitrogens with zero attached hydrogens (tertiary/aromatic N) is 3. The van der Waals surface area contributed by atoms with E-state index in [4.69, 9.17) is 0 Å². The monoisotopic (exact) mass is 232 g/mol. The normalized spacial score (nSPS) is 11.2. The molecule has 0 saturated carbocycles. The Morgan fingerprint density at radius 1 is 1.29 bits per heavy atom. The van der Waals surface area contributed by atoms with Gasteiger partial charge < -0.3 is 5.32 Å². The van der Waals surface area contributed by atoms with Gasteiger partial charge in [-0.25, -0.2) is 9.50 Å². The van der Waals surface area contributed by atoms with E-state index in [1.807, 2.05) is 10.7 Å². The van der Waals surface area contributed by atoms with Crippen LogP contribution in [-0.4, -0.2) is 21.1 Å². The van der Waals surface area contributed by atoms with Crippen LogP contribution in [0, 0.1) is 0 Å². The van der Waals surface area contributed by atoms with Crippen LogP contribution in [0.5, 0.6) is 0 Å². The Balaban J connectivity index is 2.12. The summed E-state index contributed by atoms with van der Waals surface area (Å²) in [6, 6.07) is 2.06. The van der Waals surface area contributed by atoms with Gasteiger partial charge >= 0.3 is 0 Å². The predicted octanol–water partition coefficient (Wildman–Crippen LogP) is 2.18. The van der Waals surface area contributed by atoms with Crippen molar-refractivity contribution >= 4 is 5.65 Å². The summed E-state index contributed by atoms with van der Waals surface area (Å²) in [5.74, 6) is 0. The van der Waals surface area contributed by atoms with Gasteiger partial charge in [-0.15, -0.1) is 0 Å². The summed E-state index contributed by atoms with van der Waals surface area (Å²) in [7, 11) is 0. The van der Waals surface area contributed by atoms with Gasteiger partial charge in [0.1, 0.15) is 0 Å². The number of aromatic nitrogens is 3. The highest BCUT2D eigenvalue weighted by Gasteiger charge is 2.02. The molecule has 0 unspecified atom stereocenters. The van der Waals surface area contributed by atoms with Gasteiger partial charge in [0.05, 0.1) is 5.69 Å². The number of hydrogen-bond acceptors (Lipinski definition) is 3. The molecule has 0 aromatic carbocycles. The molecule has 4 heteroatoms. The second kappa shape index (κ2) is 5.77. The molecular formula is C13H20N4. The fourth-order valence-electron chi connectivity index (χ4n) is 1.84. The van der Waals surface area contributed by atoms with Crippen LogP contribution in [-0.2, 0) is 13.0 Å². The minimum Gasteiger partial charge on any atom is -0.313 e. The van der Waals surface area contributed by atoms with Crippen molar-refractivity contribution in [2.24, 2.45) is 0 Å². The van der Waals surface area contributed by atoms with Crippen molar-refractivity contribution in [2.45, 2.75) is 39.7 Å². The third kappa shape index (κ3) is 3.03. The summed E-state index contributed by atoms with van der Waals surface area (Å²) < 4.78 is 1.88. The summed E-state index contributed by atoms with van der Waals surface area (Å²) >= 11 is 0. The Labute approximate surface area is 102 Å². The Kier molecular flexibility index (Phi) is 4.09. The largest absolute Gasteiger partial charge is 0.313 e. The maximum Gasteiger partial charge on any atom is 0.155 e. The van der Waals surface area contributed by atoms with Gasteiger partial charge in [-0.1, -0.05) is 20.3 Å². The van der Waals surface area contributed by atoms with Crippen LogP contribution >= 0.6 is 0 Å². The molecule has 0 atom stereocenters. The fourth-order valence-corrected chi connectivity index (χ4v) is 1.84. The van der Waals surface area contributed by atoms with E-state index in [0.29, 0.717) is 0 Å². The molecule has 0 aliphatic rings. The third-order valence-electron chi connectivity index (χ3n) is 2.68. The Hall–Kier alpha value is -1.42. The SMILES string of the molecule is CCCNCc1cnc2cc(CCC)nn2c1. The molecule has 2 heterocycles. The van der Waals surface area contributed by atoms with Crippen molar-refractivity contribution in [3.8, 4) is 0 Å². The minimum absolute atomic E-state index is 0.861. The van der Waals surface area contributed by atoms with Gasteiger partial charge in [0.25, 0.3) is 0 Å². The van der Waals surface area contributed by atoms with Gasteiger partial charge in [-0.05, 0) is 19.4 Å². The molecule has 0 amide bonds. The van der Waals surface area contributed by atoms with Gasteiger partial charge in [-0.2, -0.15) is 5.10 Å². The quantitative estimate of drug-likeness (QED) is 0.776. The van der Waals surface area contributed by atoms with E-state index in [9.17, 15) is 0 Å².